The topological polar surface area (TPSA) is 73.7 Å². The van der Waals surface area contributed by atoms with E-state index in [1.165, 1.54) is 13.2 Å². The van der Waals surface area contributed by atoms with Gasteiger partial charge >= 0.3 is 0 Å². The number of hydrogen-bond donors (Lipinski definition) is 0. The summed E-state index contributed by atoms with van der Waals surface area (Å²) in [6.45, 7) is 2.77. The van der Waals surface area contributed by atoms with Crippen molar-refractivity contribution in [2.24, 2.45) is 7.05 Å². The normalized spacial score (nSPS) is 14.2. The molecule has 0 N–H and O–H groups in total. The second kappa shape index (κ2) is 6.35. The number of rotatable bonds is 4. The Balaban J connectivity index is 1.63. The molecule has 7 nitrogen and oxygen atoms in total. The minimum atomic E-state index is -0.139. The predicted octanol–water partition coefficient (Wildman–Crippen LogP) is 1.00. The van der Waals surface area contributed by atoms with Crippen LogP contribution in [0.5, 0.6) is 11.6 Å². The largest absolute Gasteiger partial charge is 0.486 e. The number of likely N-dealkylation sites (tertiary alicyclic amines) is 1. The summed E-state index contributed by atoms with van der Waals surface area (Å²) in [6, 6.07) is 6.66. The van der Waals surface area contributed by atoms with Crippen molar-refractivity contribution in [3.05, 3.63) is 52.1 Å². The molecule has 126 valence electrons. The maximum atomic E-state index is 12.5. The van der Waals surface area contributed by atoms with E-state index in [1.54, 1.807) is 34.8 Å². The van der Waals surface area contributed by atoms with Crippen LogP contribution in [0.15, 0.2) is 35.3 Å². The predicted molar refractivity (Wildman–Crippen MR) is 87.5 cm³/mol. The average Bonchev–Trinajstić information content (AvgIpc) is 2.54. The fourth-order valence-corrected chi connectivity index (χ4v) is 2.56. The number of aryl methyl sites for hydroxylation is 1. The molecule has 0 bridgehead atoms. The first-order valence-electron chi connectivity index (χ1n) is 7.62. The summed E-state index contributed by atoms with van der Waals surface area (Å²) < 4.78 is 12.5. The van der Waals surface area contributed by atoms with E-state index in [-0.39, 0.29) is 17.6 Å². The standard InChI is InChI=1S/C17H19N3O4/c1-11-7-12(8-15(21)19(11)2)24-13-9-20(10-13)17(22)14-5-4-6-18-16(14)23-3/h4-8,13H,9-10H2,1-3H3. The van der Waals surface area contributed by atoms with Gasteiger partial charge in [-0.3, -0.25) is 9.59 Å². The zero-order valence-corrected chi connectivity index (χ0v) is 13.9. The molecule has 0 aromatic carbocycles. The molecule has 0 atom stereocenters. The van der Waals surface area contributed by atoms with Crippen molar-refractivity contribution in [1.29, 1.82) is 0 Å². The van der Waals surface area contributed by atoms with Gasteiger partial charge in [0.2, 0.25) is 5.88 Å². The minimum absolute atomic E-state index is 0.114. The Morgan fingerprint density at radius 1 is 1.33 bits per heavy atom. The lowest BCUT2D eigenvalue weighted by atomic mass is 10.1. The van der Waals surface area contributed by atoms with Crippen molar-refractivity contribution >= 4 is 5.91 Å². The molecule has 3 heterocycles. The van der Waals surface area contributed by atoms with Crippen LogP contribution in [0.1, 0.15) is 16.1 Å². The van der Waals surface area contributed by atoms with Gasteiger partial charge in [-0.1, -0.05) is 0 Å². The summed E-state index contributed by atoms with van der Waals surface area (Å²) >= 11 is 0. The van der Waals surface area contributed by atoms with Crippen molar-refractivity contribution in [1.82, 2.24) is 14.5 Å². The van der Waals surface area contributed by atoms with Crippen LogP contribution in [-0.4, -0.2) is 46.7 Å². The van der Waals surface area contributed by atoms with E-state index in [4.69, 9.17) is 9.47 Å². The number of ether oxygens (including phenoxy) is 2. The van der Waals surface area contributed by atoms with Crippen LogP contribution in [0, 0.1) is 6.92 Å². The second-order valence-electron chi connectivity index (χ2n) is 5.74. The van der Waals surface area contributed by atoms with Crippen molar-refractivity contribution in [3.8, 4) is 11.6 Å². The highest BCUT2D eigenvalue weighted by Crippen LogP contribution is 2.22. The van der Waals surface area contributed by atoms with Gasteiger partial charge in [-0.15, -0.1) is 0 Å². The van der Waals surface area contributed by atoms with Crippen molar-refractivity contribution in [2.75, 3.05) is 20.2 Å². The smallest absolute Gasteiger partial charge is 0.259 e. The Kier molecular flexibility index (Phi) is 4.24. The number of pyridine rings is 2. The van der Waals surface area contributed by atoms with Crippen LogP contribution in [0.3, 0.4) is 0 Å². The number of hydrogen-bond acceptors (Lipinski definition) is 5. The van der Waals surface area contributed by atoms with Gasteiger partial charge < -0.3 is 18.9 Å². The second-order valence-corrected chi connectivity index (χ2v) is 5.74. The SMILES string of the molecule is COc1ncccc1C(=O)N1CC(Oc2cc(C)n(C)c(=O)c2)C1. The van der Waals surface area contributed by atoms with Crippen molar-refractivity contribution in [2.45, 2.75) is 13.0 Å². The highest BCUT2D eigenvalue weighted by atomic mass is 16.5. The third-order valence-corrected chi connectivity index (χ3v) is 4.11. The Labute approximate surface area is 139 Å². The molecule has 3 rings (SSSR count). The highest BCUT2D eigenvalue weighted by molar-refractivity contribution is 5.96. The molecule has 0 aliphatic carbocycles. The molecule has 0 unspecified atom stereocenters. The van der Waals surface area contributed by atoms with Gasteiger partial charge in [0.05, 0.1) is 20.2 Å². The summed E-state index contributed by atoms with van der Waals surface area (Å²) in [4.78, 5) is 29.9. The first-order valence-corrected chi connectivity index (χ1v) is 7.62. The summed E-state index contributed by atoms with van der Waals surface area (Å²) in [5.74, 6) is 0.709. The monoisotopic (exact) mass is 329 g/mol. The molecule has 0 spiro atoms. The number of methoxy groups -OCH3 is 1. The van der Waals surface area contributed by atoms with E-state index in [2.05, 4.69) is 4.98 Å². The van der Waals surface area contributed by atoms with E-state index < -0.39 is 0 Å². The Morgan fingerprint density at radius 3 is 2.75 bits per heavy atom. The van der Waals surface area contributed by atoms with E-state index in [1.807, 2.05) is 13.0 Å². The first-order chi connectivity index (χ1) is 11.5. The van der Waals surface area contributed by atoms with E-state index in [9.17, 15) is 9.59 Å². The molecule has 1 saturated heterocycles. The summed E-state index contributed by atoms with van der Waals surface area (Å²) in [6.07, 6.45) is 1.46. The molecule has 1 aliphatic rings. The van der Waals surface area contributed by atoms with Gasteiger partial charge in [0.1, 0.15) is 17.4 Å². The summed E-state index contributed by atoms with van der Waals surface area (Å²) in [7, 11) is 3.20. The molecule has 1 fully saturated rings. The molecular formula is C17H19N3O4. The lowest BCUT2D eigenvalue weighted by molar-refractivity contribution is 0.0174. The molecule has 7 heteroatoms. The van der Waals surface area contributed by atoms with E-state index in [0.29, 0.717) is 30.3 Å². The minimum Gasteiger partial charge on any atom is -0.486 e. The maximum absolute atomic E-state index is 12.5. The fourth-order valence-electron chi connectivity index (χ4n) is 2.56. The average molecular weight is 329 g/mol. The molecule has 2 aromatic rings. The quantitative estimate of drug-likeness (QED) is 0.837. The molecule has 24 heavy (non-hydrogen) atoms. The van der Waals surface area contributed by atoms with Gasteiger partial charge in [-0.2, -0.15) is 0 Å². The van der Waals surface area contributed by atoms with Crippen LogP contribution < -0.4 is 15.0 Å². The van der Waals surface area contributed by atoms with E-state index in [0.717, 1.165) is 5.69 Å². The van der Waals surface area contributed by atoms with Crippen LogP contribution in [-0.2, 0) is 7.05 Å². The molecule has 2 aromatic heterocycles. The molecule has 1 aliphatic heterocycles. The van der Waals surface area contributed by atoms with Gasteiger partial charge in [-0.25, -0.2) is 4.98 Å². The van der Waals surface area contributed by atoms with Crippen LogP contribution in [0.4, 0.5) is 0 Å². The maximum Gasteiger partial charge on any atom is 0.259 e. The van der Waals surface area contributed by atoms with Crippen molar-refractivity contribution in [3.63, 3.8) is 0 Å². The number of amides is 1. The number of nitrogens with zero attached hydrogens (tertiary/aromatic N) is 3. The number of carbonyl (C=O) groups excluding carboxylic acids is 1. The summed E-state index contributed by atoms with van der Waals surface area (Å²) in [5, 5.41) is 0. The third kappa shape index (κ3) is 2.97. The van der Waals surface area contributed by atoms with Crippen LogP contribution in [0.2, 0.25) is 0 Å². The lowest BCUT2D eigenvalue weighted by Gasteiger charge is -2.39. The molecule has 0 saturated carbocycles. The van der Waals surface area contributed by atoms with Crippen LogP contribution >= 0.6 is 0 Å². The number of carbonyl (C=O) groups is 1. The van der Waals surface area contributed by atoms with Gasteiger partial charge in [-0.05, 0) is 25.1 Å². The highest BCUT2D eigenvalue weighted by Gasteiger charge is 2.34. The van der Waals surface area contributed by atoms with E-state index >= 15 is 0 Å². The first kappa shape index (κ1) is 16.0. The summed E-state index contributed by atoms with van der Waals surface area (Å²) in [5.41, 5.74) is 1.14. The van der Waals surface area contributed by atoms with Gasteiger partial charge in [0.15, 0.2) is 0 Å². The number of aromatic nitrogens is 2. The molecule has 1 amide bonds. The van der Waals surface area contributed by atoms with Gasteiger partial charge in [0, 0.05) is 25.0 Å². The zero-order valence-electron chi connectivity index (χ0n) is 13.9. The molecular weight excluding hydrogens is 310 g/mol. The Morgan fingerprint density at radius 2 is 2.08 bits per heavy atom. The van der Waals surface area contributed by atoms with Crippen molar-refractivity contribution < 1.29 is 14.3 Å². The third-order valence-electron chi connectivity index (χ3n) is 4.11. The zero-order chi connectivity index (χ0) is 17.3. The molecule has 0 radical (unpaired) electrons. The lowest BCUT2D eigenvalue weighted by Crippen LogP contribution is -2.56. The Hall–Kier alpha value is -2.83. The Bertz CT molecular complexity index is 825. The van der Waals surface area contributed by atoms with Gasteiger partial charge in [0.25, 0.3) is 11.5 Å². The fraction of sp³-hybridized carbons (Fsp3) is 0.353. The van der Waals surface area contributed by atoms with Crippen LogP contribution in [0.25, 0.3) is 0 Å².